The normalized spacial score (nSPS) is 10.0. The lowest BCUT2D eigenvalue weighted by atomic mass is 10.1. The Kier molecular flexibility index (Phi) is 4.22. The summed E-state index contributed by atoms with van der Waals surface area (Å²) in [6, 6.07) is 12.2. The minimum absolute atomic E-state index is 0.191. The molecule has 0 aliphatic carbocycles. The molecule has 22 heavy (non-hydrogen) atoms. The number of nitrogens with zero attached hydrogens (tertiary/aromatic N) is 1. The Labute approximate surface area is 126 Å². The highest BCUT2D eigenvalue weighted by Crippen LogP contribution is 2.27. The van der Waals surface area contributed by atoms with Gasteiger partial charge in [-0.1, -0.05) is 18.2 Å². The molecule has 2 N–H and O–H groups in total. The quantitative estimate of drug-likeness (QED) is 0.905. The lowest BCUT2D eigenvalue weighted by molar-refractivity contribution is -0.115. The molecule has 0 atom stereocenters. The molecule has 0 saturated carbocycles. The smallest absolute Gasteiger partial charge is 0.335 e. The monoisotopic (exact) mass is 299 g/mol. The van der Waals surface area contributed by atoms with Gasteiger partial charge in [-0.15, -0.1) is 0 Å². The summed E-state index contributed by atoms with van der Waals surface area (Å²) < 4.78 is 0. The largest absolute Gasteiger partial charge is 0.478 e. The molecule has 2 aromatic rings. The minimum Gasteiger partial charge on any atom is -0.478 e. The van der Waals surface area contributed by atoms with Gasteiger partial charge in [0.25, 0.3) is 0 Å². The summed E-state index contributed by atoms with van der Waals surface area (Å²) >= 11 is 0. The van der Waals surface area contributed by atoms with Crippen molar-refractivity contribution in [1.82, 2.24) is 0 Å². The number of carbonyl (C=O) groups is 3. The average molecular weight is 299 g/mol. The number of hydrogen-bond acceptors (Lipinski definition) is 3. The van der Waals surface area contributed by atoms with Crippen LogP contribution in [0, 0.1) is 0 Å². The van der Waals surface area contributed by atoms with Gasteiger partial charge in [0, 0.05) is 12.6 Å². The van der Waals surface area contributed by atoms with Gasteiger partial charge in [0.2, 0.25) is 5.91 Å². The fourth-order valence-electron chi connectivity index (χ4n) is 2.08. The van der Waals surface area contributed by atoms with Gasteiger partial charge in [-0.3, -0.25) is 9.69 Å². The Morgan fingerprint density at radius 2 is 1.32 bits per heavy atom. The molecular weight excluding hydrogens is 286 g/mol. The van der Waals surface area contributed by atoms with Crippen LogP contribution in [0.3, 0.4) is 0 Å². The SMILES string of the molecule is CC(=O)N(c1ccccc1)c1cc(C(=O)O)cc(C(=O)O)c1. The van der Waals surface area contributed by atoms with Crippen LogP contribution in [0.5, 0.6) is 0 Å². The fraction of sp³-hybridized carbons (Fsp3) is 0.0625. The van der Waals surface area contributed by atoms with Crippen LogP contribution < -0.4 is 4.90 Å². The topological polar surface area (TPSA) is 94.9 Å². The Hall–Kier alpha value is -3.15. The standard InChI is InChI=1S/C16H13NO5/c1-10(18)17(13-5-3-2-4-6-13)14-8-11(15(19)20)7-12(9-14)16(21)22/h2-9H,1H3,(H,19,20)(H,21,22). The number of amides is 1. The third kappa shape index (κ3) is 3.12. The van der Waals surface area contributed by atoms with E-state index in [2.05, 4.69) is 0 Å². The van der Waals surface area contributed by atoms with Crippen LogP contribution in [0.15, 0.2) is 48.5 Å². The molecular formula is C16H13NO5. The van der Waals surface area contributed by atoms with Crippen molar-refractivity contribution in [1.29, 1.82) is 0 Å². The van der Waals surface area contributed by atoms with E-state index < -0.39 is 11.9 Å². The molecule has 112 valence electrons. The first kappa shape index (κ1) is 15.2. The van der Waals surface area contributed by atoms with E-state index in [0.717, 1.165) is 6.07 Å². The van der Waals surface area contributed by atoms with E-state index in [1.807, 2.05) is 0 Å². The number of rotatable bonds is 4. The second-order valence-corrected chi connectivity index (χ2v) is 4.57. The summed E-state index contributed by atoms with van der Waals surface area (Å²) in [5.41, 5.74) is 0.319. The number of para-hydroxylation sites is 1. The zero-order valence-electron chi connectivity index (χ0n) is 11.7. The van der Waals surface area contributed by atoms with Gasteiger partial charge in [0.05, 0.1) is 16.8 Å². The average Bonchev–Trinajstić information content (AvgIpc) is 2.47. The lowest BCUT2D eigenvalue weighted by Crippen LogP contribution is -2.23. The predicted octanol–water partition coefficient (Wildman–Crippen LogP) is 2.77. The third-order valence-corrected chi connectivity index (χ3v) is 3.00. The molecule has 6 nitrogen and oxygen atoms in total. The molecule has 0 unspecified atom stereocenters. The summed E-state index contributed by atoms with van der Waals surface area (Å²) in [5.74, 6) is -2.88. The van der Waals surface area contributed by atoms with E-state index in [4.69, 9.17) is 10.2 Å². The van der Waals surface area contributed by atoms with Gasteiger partial charge < -0.3 is 10.2 Å². The van der Waals surface area contributed by atoms with Crippen LogP contribution in [0.1, 0.15) is 27.6 Å². The van der Waals surface area contributed by atoms with Crippen LogP contribution >= 0.6 is 0 Å². The molecule has 2 aromatic carbocycles. The second kappa shape index (κ2) is 6.09. The fourth-order valence-corrected chi connectivity index (χ4v) is 2.08. The number of carboxylic acids is 2. The third-order valence-electron chi connectivity index (χ3n) is 3.00. The van der Waals surface area contributed by atoms with E-state index in [-0.39, 0.29) is 22.7 Å². The van der Waals surface area contributed by atoms with Gasteiger partial charge in [0.1, 0.15) is 0 Å². The number of anilines is 2. The number of aromatic carboxylic acids is 2. The molecule has 0 aliphatic heterocycles. The highest BCUT2D eigenvalue weighted by Gasteiger charge is 2.19. The molecule has 1 amide bonds. The van der Waals surface area contributed by atoms with Crippen molar-refractivity contribution < 1.29 is 24.6 Å². The second-order valence-electron chi connectivity index (χ2n) is 4.57. The van der Waals surface area contributed by atoms with Crippen molar-refractivity contribution in [3.63, 3.8) is 0 Å². The van der Waals surface area contributed by atoms with Crippen molar-refractivity contribution in [2.75, 3.05) is 4.90 Å². The Bertz CT molecular complexity index is 707. The zero-order valence-corrected chi connectivity index (χ0v) is 11.7. The van der Waals surface area contributed by atoms with E-state index >= 15 is 0 Å². The Morgan fingerprint density at radius 3 is 1.73 bits per heavy atom. The summed E-state index contributed by atoms with van der Waals surface area (Å²) in [6.45, 7) is 1.32. The van der Waals surface area contributed by atoms with E-state index in [9.17, 15) is 14.4 Å². The number of benzene rings is 2. The van der Waals surface area contributed by atoms with Gasteiger partial charge in [-0.05, 0) is 30.3 Å². The van der Waals surface area contributed by atoms with Crippen molar-refractivity contribution >= 4 is 29.2 Å². The molecule has 0 heterocycles. The van der Waals surface area contributed by atoms with E-state index in [1.54, 1.807) is 30.3 Å². The van der Waals surface area contributed by atoms with Gasteiger partial charge in [0.15, 0.2) is 0 Å². The van der Waals surface area contributed by atoms with Gasteiger partial charge >= 0.3 is 11.9 Å². The van der Waals surface area contributed by atoms with Crippen LogP contribution in [0.4, 0.5) is 11.4 Å². The van der Waals surface area contributed by atoms with Crippen molar-refractivity contribution in [3.05, 3.63) is 59.7 Å². The maximum absolute atomic E-state index is 11.9. The Morgan fingerprint density at radius 1 is 0.818 bits per heavy atom. The van der Waals surface area contributed by atoms with Crippen molar-refractivity contribution in [2.24, 2.45) is 0 Å². The Balaban J connectivity index is 2.64. The van der Waals surface area contributed by atoms with Crippen LogP contribution in [-0.4, -0.2) is 28.1 Å². The van der Waals surface area contributed by atoms with E-state index in [0.29, 0.717) is 5.69 Å². The number of hydrogen-bond donors (Lipinski definition) is 2. The van der Waals surface area contributed by atoms with Crippen LogP contribution in [0.2, 0.25) is 0 Å². The molecule has 0 saturated heterocycles. The molecule has 6 heteroatoms. The zero-order chi connectivity index (χ0) is 16.3. The van der Waals surface area contributed by atoms with Crippen molar-refractivity contribution in [3.8, 4) is 0 Å². The lowest BCUT2D eigenvalue weighted by Gasteiger charge is -2.22. The molecule has 0 fully saturated rings. The summed E-state index contributed by atoms with van der Waals surface area (Å²) in [6.07, 6.45) is 0. The number of carboxylic acid groups (broad SMARTS) is 2. The highest BCUT2D eigenvalue weighted by atomic mass is 16.4. The van der Waals surface area contributed by atoms with Crippen LogP contribution in [0.25, 0.3) is 0 Å². The first-order chi connectivity index (χ1) is 10.4. The summed E-state index contributed by atoms with van der Waals surface area (Å²) in [7, 11) is 0. The molecule has 0 radical (unpaired) electrons. The molecule has 0 spiro atoms. The van der Waals surface area contributed by atoms with Crippen LogP contribution in [-0.2, 0) is 4.79 Å². The first-order valence-corrected chi connectivity index (χ1v) is 6.37. The van der Waals surface area contributed by atoms with Gasteiger partial charge in [-0.2, -0.15) is 0 Å². The molecule has 0 aromatic heterocycles. The number of carbonyl (C=O) groups excluding carboxylic acids is 1. The van der Waals surface area contributed by atoms with E-state index in [1.165, 1.54) is 24.0 Å². The maximum atomic E-state index is 11.9. The highest BCUT2D eigenvalue weighted by molar-refractivity contribution is 6.02. The molecule has 0 bridgehead atoms. The summed E-state index contributed by atoms with van der Waals surface area (Å²) in [4.78, 5) is 35.5. The molecule has 0 aliphatic rings. The van der Waals surface area contributed by atoms with Gasteiger partial charge in [-0.25, -0.2) is 9.59 Å². The van der Waals surface area contributed by atoms with Crippen molar-refractivity contribution in [2.45, 2.75) is 6.92 Å². The summed E-state index contributed by atoms with van der Waals surface area (Å²) in [5, 5.41) is 18.2. The molecule has 2 rings (SSSR count). The maximum Gasteiger partial charge on any atom is 0.335 e. The predicted molar refractivity (Wildman–Crippen MR) is 79.6 cm³/mol. The minimum atomic E-state index is -1.26. The first-order valence-electron chi connectivity index (χ1n) is 6.37.